The highest BCUT2D eigenvalue weighted by Crippen LogP contribution is 2.38. The summed E-state index contributed by atoms with van der Waals surface area (Å²) in [7, 11) is 0. The van der Waals surface area contributed by atoms with Gasteiger partial charge in [0.25, 0.3) is 0 Å². The lowest BCUT2D eigenvalue weighted by atomic mass is 9.90. The van der Waals surface area contributed by atoms with E-state index < -0.39 is 24.6 Å². The quantitative estimate of drug-likeness (QED) is 0.926. The zero-order chi connectivity index (χ0) is 15.5. The van der Waals surface area contributed by atoms with Crippen molar-refractivity contribution in [1.29, 1.82) is 0 Å². The molecule has 2 rings (SSSR count). The summed E-state index contributed by atoms with van der Waals surface area (Å²) < 4.78 is 38.0. The van der Waals surface area contributed by atoms with Crippen LogP contribution in [0.5, 0.6) is 0 Å². The maximum Gasteiger partial charge on any atom is 0.417 e. The number of amides is 1. The molecule has 0 unspecified atom stereocenters. The molecule has 1 fully saturated rings. The Kier molecular flexibility index (Phi) is 4.93. The standard InChI is InChI=1S/C14H18F3NO2S/c15-14(16,17)13(20)6-8-18(9-7-13)12(19)5-1-3-11-4-2-10-21-11/h2,4,10,20H,1,3,5-9H2. The predicted octanol–water partition coefficient (Wildman–Crippen LogP) is 2.99. The third-order valence-electron chi connectivity index (χ3n) is 3.86. The van der Waals surface area contributed by atoms with Gasteiger partial charge in [0.1, 0.15) is 0 Å². The van der Waals surface area contributed by atoms with Gasteiger partial charge >= 0.3 is 6.18 Å². The Morgan fingerprint density at radius 3 is 2.57 bits per heavy atom. The van der Waals surface area contributed by atoms with Crippen LogP contribution in [0, 0.1) is 0 Å². The van der Waals surface area contributed by atoms with Crippen LogP contribution in [-0.4, -0.2) is 40.8 Å². The number of aliphatic hydroxyl groups is 1. The number of aryl methyl sites for hydroxylation is 1. The minimum Gasteiger partial charge on any atom is -0.380 e. The van der Waals surface area contributed by atoms with E-state index >= 15 is 0 Å². The Labute approximate surface area is 125 Å². The van der Waals surface area contributed by atoms with Crippen molar-refractivity contribution >= 4 is 17.2 Å². The van der Waals surface area contributed by atoms with Crippen LogP contribution in [0.25, 0.3) is 0 Å². The van der Waals surface area contributed by atoms with Crippen LogP contribution < -0.4 is 0 Å². The number of hydrogen-bond acceptors (Lipinski definition) is 3. The summed E-state index contributed by atoms with van der Waals surface area (Å²) >= 11 is 1.63. The molecule has 0 aromatic carbocycles. The van der Waals surface area contributed by atoms with E-state index in [-0.39, 0.29) is 19.0 Å². The van der Waals surface area contributed by atoms with Crippen molar-refractivity contribution in [2.24, 2.45) is 0 Å². The van der Waals surface area contributed by atoms with Crippen molar-refractivity contribution in [3.05, 3.63) is 22.4 Å². The Morgan fingerprint density at radius 2 is 2.05 bits per heavy atom. The fourth-order valence-electron chi connectivity index (χ4n) is 2.44. The molecule has 7 heteroatoms. The van der Waals surface area contributed by atoms with Crippen molar-refractivity contribution in [3.8, 4) is 0 Å². The summed E-state index contributed by atoms with van der Waals surface area (Å²) in [4.78, 5) is 14.6. The average Bonchev–Trinajstić information content (AvgIpc) is 2.91. The number of piperidine rings is 1. The summed E-state index contributed by atoms with van der Waals surface area (Å²) in [5.74, 6) is -0.129. The topological polar surface area (TPSA) is 40.5 Å². The van der Waals surface area contributed by atoms with Gasteiger partial charge in [-0.1, -0.05) is 6.07 Å². The molecule has 3 nitrogen and oxygen atoms in total. The van der Waals surface area contributed by atoms with E-state index in [0.29, 0.717) is 12.8 Å². The number of nitrogens with zero attached hydrogens (tertiary/aromatic N) is 1. The molecule has 118 valence electrons. The largest absolute Gasteiger partial charge is 0.417 e. The number of alkyl halides is 3. The SMILES string of the molecule is O=C(CCCc1cccs1)N1CCC(O)(C(F)(F)F)CC1. The Hall–Kier alpha value is -1.08. The van der Waals surface area contributed by atoms with Crippen LogP contribution in [0.2, 0.25) is 0 Å². The molecule has 0 spiro atoms. The number of halogens is 3. The molecular formula is C14H18F3NO2S. The number of hydrogen-bond donors (Lipinski definition) is 1. The highest BCUT2D eigenvalue weighted by atomic mass is 32.1. The third kappa shape index (κ3) is 3.97. The Morgan fingerprint density at radius 1 is 1.38 bits per heavy atom. The summed E-state index contributed by atoms with van der Waals surface area (Å²) in [6.45, 7) is -0.0678. The predicted molar refractivity (Wildman–Crippen MR) is 74.1 cm³/mol. The molecule has 0 saturated carbocycles. The lowest BCUT2D eigenvalue weighted by Gasteiger charge is -2.39. The first-order valence-corrected chi connectivity index (χ1v) is 7.79. The molecule has 2 heterocycles. The molecule has 1 saturated heterocycles. The number of rotatable bonds is 4. The van der Waals surface area contributed by atoms with Gasteiger partial charge in [0.2, 0.25) is 5.91 Å². The molecule has 0 atom stereocenters. The lowest BCUT2D eigenvalue weighted by molar-refractivity contribution is -0.272. The maximum absolute atomic E-state index is 12.7. The van der Waals surface area contributed by atoms with E-state index in [1.807, 2.05) is 17.5 Å². The summed E-state index contributed by atoms with van der Waals surface area (Å²) in [5.41, 5.74) is -2.64. The van der Waals surface area contributed by atoms with Crippen molar-refractivity contribution < 1.29 is 23.1 Å². The molecule has 21 heavy (non-hydrogen) atoms. The van der Waals surface area contributed by atoms with Gasteiger partial charge < -0.3 is 10.0 Å². The Balaban J connectivity index is 1.75. The van der Waals surface area contributed by atoms with Crippen LogP contribution in [0.3, 0.4) is 0 Å². The van der Waals surface area contributed by atoms with Crippen LogP contribution in [0.15, 0.2) is 17.5 Å². The first kappa shape index (κ1) is 16.3. The summed E-state index contributed by atoms with van der Waals surface area (Å²) in [6.07, 6.45) is -3.66. The normalized spacial score (nSPS) is 18.8. The molecule has 1 aromatic rings. The maximum atomic E-state index is 12.7. The van der Waals surface area contributed by atoms with Gasteiger partial charge in [0.05, 0.1) is 0 Å². The molecule has 1 aliphatic heterocycles. The van der Waals surface area contributed by atoms with Crippen LogP contribution >= 0.6 is 11.3 Å². The van der Waals surface area contributed by atoms with Crippen molar-refractivity contribution in [3.63, 3.8) is 0 Å². The second kappa shape index (κ2) is 6.36. The van der Waals surface area contributed by atoms with Gasteiger partial charge in [-0.15, -0.1) is 11.3 Å². The minimum atomic E-state index is -4.62. The number of likely N-dealkylation sites (tertiary alicyclic amines) is 1. The fraction of sp³-hybridized carbons (Fsp3) is 0.643. The molecule has 1 aliphatic rings. The second-order valence-electron chi connectivity index (χ2n) is 5.34. The molecule has 0 bridgehead atoms. The van der Waals surface area contributed by atoms with Gasteiger partial charge in [-0.25, -0.2) is 0 Å². The lowest BCUT2D eigenvalue weighted by Crippen LogP contribution is -2.54. The zero-order valence-electron chi connectivity index (χ0n) is 11.5. The van der Waals surface area contributed by atoms with Gasteiger partial charge in [-0.05, 0) is 24.3 Å². The molecule has 1 aromatic heterocycles. The number of thiophene rings is 1. The molecule has 1 N–H and O–H groups in total. The van der Waals surface area contributed by atoms with Crippen LogP contribution in [0.1, 0.15) is 30.6 Å². The van der Waals surface area contributed by atoms with E-state index in [4.69, 9.17) is 0 Å². The zero-order valence-corrected chi connectivity index (χ0v) is 12.3. The first-order valence-electron chi connectivity index (χ1n) is 6.91. The first-order chi connectivity index (χ1) is 9.82. The Bertz CT molecular complexity index is 465. The number of carbonyl (C=O) groups is 1. The minimum absolute atomic E-state index is 0.0339. The van der Waals surface area contributed by atoms with Gasteiger partial charge in [0, 0.05) is 37.2 Å². The van der Waals surface area contributed by atoms with Crippen LogP contribution in [0.4, 0.5) is 13.2 Å². The molecular weight excluding hydrogens is 303 g/mol. The van der Waals surface area contributed by atoms with Gasteiger partial charge in [0.15, 0.2) is 5.60 Å². The second-order valence-corrected chi connectivity index (χ2v) is 6.38. The van der Waals surface area contributed by atoms with E-state index in [1.54, 1.807) is 11.3 Å². The van der Waals surface area contributed by atoms with E-state index in [9.17, 15) is 23.1 Å². The fourth-order valence-corrected chi connectivity index (χ4v) is 3.19. The monoisotopic (exact) mass is 321 g/mol. The smallest absolute Gasteiger partial charge is 0.380 e. The highest BCUT2D eigenvalue weighted by Gasteiger charge is 2.54. The number of carbonyl (C=O) groups excluding carboxylic acids is 1. The van der Waals surface area contributed by atoms with Crippen molar-refractivity contribution in [1.82, 2.24) is 4.90 Å². The van der Waals surface area contributed by atoms with Gasteiger partial charge in [-0.2, -0.15) is 13.2 Å². The van der Waals surface area contributed by atoms with Crippen molar-refractivity contribution in [2.75, 3.05) is 13.1 Å². The molecule has 0 aliphatic carbocycles. The summed E-state index contributed by atoms with van der Waals surface area (Å²) in [5, 5.41) is 11.5. The van der Waals surface area contributed by atoms with Crippen molar-refractivity contribution in [2.45, 2.75) is 43.9 Å². The van der Waals surface area contributed by atoms with Gasteiger partial charge in [-0.3, -0.25) is 4.79 Å². The molecule has 0 radical (unpaired) electrons. The van der Waals surface area contributed by atoms with E-state index in [2.05, 4.69) is 0 Å². The van der Waals surface area contributed by atoms with Crippen LogP contribution in [-0.2, 0) is 11.2 Å². The van der Waals surface area contributed by atoms with E-state index in [1.165, 1.54) is 9.78 Å². The summed E-state index contributed by atoms with van der Waals surface area (Å²) in [6, 6.07) is 3.95. The third-order valence-corrected chi connectivity index (χ3v) is 4.80. The highest BCUT2D eigenvalue weighted by molar-refractivity contribution is 7.09. The molecule has 1 amide bonds. The van der Waals surface area contributed by atoms with E-state index in [0.717, 1.165) is 6.42 Å². The average molecular weight is 321 g/mol.